The normalized spacial score (nSPS) is 16.5. The van der Waals surface area contributed by atoms with Gasteiger partial charge in [-0.05, 0) is 43.7 Å². The van der Waals surface area contributed by atoms with E-state index in [0.29, 0.717) is 18.0 Å². The van der Waals surface area contributed by atoms with Crippen LogP contribution in [0.3, 0.4) is 0 Å². The number of unbranched alkanes of at least 4 members (excludes halogenated alkanes) is 1. The molecule has 0 radical (unpaired) electrons. The van der Waals surface area contributed by atoms with Gasteiger partial charge in [0, 0.05) is 32.7 Å². The summed E-state index contributed by atoms with van der Waals surface area (Å²) in [5.74, 6) is 1.72. The van der Waals surface area contributed by atoms with E-state index in [0.717, 1.165) is 57.9 Å². The molecule has 1 amide bonds. The zero-order chi connectivity index (χ0) is 20.1. The number of anilines is 1. The summed E-state index contributed by atoms with van der Waals surface area (Å²) in [6.45, 7) is 6.29. The summed E-state index contributed by atoms with van der Waals surface area (Å²) in [5, 5.41) is 0. The highest BCUT2D eigenvalue weighted by Crippen LogP contribution is 2.28. The predicted octanol–water partition coefficient (Wildman–Crippen LogP) is 3.51. The Labute approximate surface area is 184 Å². The molecule has 2 aliphatic heterocycles. The second-order valence-electron chi connectivity index (χ2n) is 7.55. The molecule has 0 N–H and O–H groups in total. The third-order valence-corrected chi connectivity index (χ3v) is 5.73. The van der Waals surface area contributed by atoms with E-state index < -0.39 is 0 Å². The van der Waals surface area contributed by atoms with Crippen LogP contribution in [0.15, 0.2) is 48.5 Å². The molecule has 162 valence electrons. The smallest absolute Gasteiger partial charge is 0.260 e. The number of ether oxygens (including phenoxy) is 2. The van der Waals surface area contributed by atoms with Gasteiger partial charge < -0.3 is 19.3 Å². The number of carbonyl (C=O) groups is 1. The molecule has 2 aromatic rings. The number of halogens is 1. The Morgan fingerprint density at radius 1 is 0.933 bits per heavy atom. The van der Waals surface area contributed by atoms with Crippen LogP contribution in [0.5, 0.6) is 11.5 Å². The van der Waals surface area contributed by atoms with Crippen LogP contribution >= 0.6 is 12.4 Å². The fourth-order valence-corrected chi connectivity index (χ4v) is 4.05. The molecule has 1 fully saturated rings. The Bertz CT molecular complexity index is 840. The first-order valence-electron chi connectivity index (χ1n) is 10.4. The van der Waals surface area contributed by atoms with E-state index in [1.807, 2.05) is 41.3 Å². The van der Waals surface area contributed by atoms with Gasteiger partial charge in [0.15, 0.2) is 6.73 Å². The van der Waals surface area contributed by atoms with Gasteiger partial charge in [0.2, 0.25) is 0 Å². The van der Waals surface area contributed by atoms with Crippen LogP contribution in [0.1, 0.15) is 23.2 Å². The van der Waals surface area contributed by atoms with Crippen molar-refractivity contribution in [3.63, 3.8) is 0 Å². The van der Waals surface area contributed by atoms with Gasteiger partial charge in [-0.2, -0.15) is 0 Å². The number of methoxy groups -OCH3 is 1. The largest absolute Gasteiger partial charge is 0.495 e. The van der Waals surface area contributed by atoms with Gasteiger partial charge in [0.05, 0.1) is 18.4 Å². The Morgan fingerprint density at radius 3 is 2.43 bits per heavy atom. The minimum Gasteiger partial charge on any atom is -0.495 e. The number of hydrogen-bond donors (Lipinski definition) is 0. The average molecular weight is 432 g/mol. The highest BCUT2D eigenvalue weighted by atomic mass is 35.5. The summed E-state index contributed by atoms with van der Waals surface area (Å²) in [6.07, 6.45) is 2.07. The Balaban J connectivity index is 0.00000256. The summed E-state index contributed by atoms with van der Waals surface area (Å²) in [4.78, 5) is 19.3. The van der Waals surface area contributed by atoms with Crippen LogP contribution < -0.4 is 14.4 Å². The van der Waals surface area contributed by atoms with Gasteiger partial charge in [0.1, 0.15) is 11.5 Å². The van der Waals surface area contributed by atoms with Crippen LogP contribution in [-0.2, 0) is 0 Å². The summed E-state index contributed by atoms with van der Waals surface area (Å²) in [6, 6.07) is 15.7. The molecule has 0 saturated carbocycles. The molecule has 2 aromatic carbocycles. The van der Waals surface area contributed by atoms with Gasteiger partial charge in [-0.25, -0.2) is 0 Å². The highest BCUT2D eigenvalue weighted by molar-refractivity contribution is 5.97. The second kappa shape index (κ2) is 10.5. The van der Waals surface area contributed by atoms with Crippen LogP contribution in [-0.4, -0.2) is 68.8 Å². The molecule has 1 saturated heterocycles. The van der Waals surface area contributed by atoms with Crippen molar-refractivity contribution in [2.45, 2.75) is 12.8 Å². The van der Waals surface area contributed by atoms with Crippen molar-refractivity contribution < 1.29 is 14.3 Å². The van der Waals surface area contributed by atoms with E-state index in [2.05, 4.69) is 21.9 Å². The van der Waals surface area contributed by atoms with Crippen molar-refractivity contribution in [3.05, 3.63) is 54.1 Å². The van der Waals surface area contributed by atoms with Crippen molar-refractivity contribution in [1.29, 1.82) is 0 Å². The predicted molar refractivity (Wildman–Crippen MR) is 121 cm³/mol. The standard InChI is InChI=1S/C23H29N3O3.ClH/c1-28-22-11-5-3-9-20(22)25-16-14-24(15-17-25)12-6-7-13-26-18-29-21-10-4-2-8-19(21)23(26)27;/h2-5,8-11H,6-7,12-18H2,1H3;1H. The first-order valence-corrected chi connectivity index (χ1v) is 10.4. The molecule has 0 unspecified atom stereocenters. The number of piperazine rings is 1. The molecule has 0 spiro atoms. The van der Waals surface area contributed by atoms with Gasteiger partial charge in [-0.1, -0.05) is 24.3 Å². The number of benzene rings is 2. The minimum absolute atomic E-state index is 0. The van der Waals surface area contributed by atoms with Crippen LogP contribution in [0.4, 0.5) is 5.69 Å². The van der Waals surface area contributed by atoms with E-state index in [4.69, 9.17) is 9.47 Å². The second-order valence-corrected chi connectivity index (χ2v) is 7.55. The van der Waals surface area contributed by atoms with Crippen molar-refractivity contribution in [2.24, 2.45) is 0 Å². The van der Waals surface area contributed by atoms with Crippen molar-refractivity contribution in [2.75, 3.05) is 58.0 Å². The lowest BCUT2D eigenvalue weighted by molar-refractivity contribution is 0.0514. The van der Waals surface area contributed by atoms with E-state index in [1.165, 1.54) is 5.69 Å². The third-order valence-electron chi connectivity index (χ3n) is 5.73. The van der Waals surface area contributed by atoms with Gasteiger partial charge >= 0.3 is 0 Å². The summed E-state index contributed by atoms with van der Waals surface area (Å²) in [5.41, 5.74) is 1.85. The average Bonchev–Trinajstić information content (AvgIpc) is 2.78. The maximum absolute atomic E-state index is 12.6. The molecule has 30 heavy (non-hydrogen) atoms. The summed E-state index contributed by atoms with van der Waals surface area (Å²) in [7, 11) is 1.73. The summed E-state index contributed by atoms with van der Waals surface area (Å²) < 4.78 is 11.2. The third kappa shape index (κ3) is 4.99. The highest BCUT2D eigenvalue weighted by Gasteiger charge is 2.25. The topological polar surface area (TPSA) is 45.2 Å². The number of para-hydroxylation sites is 3. The van der Waals surface area contributed by atoms with Gasteiger partial charge in [-0.3, -0.25) is 9.69 Å². The SMILES string of the molecule is COc1ccccc1N1CCN(CCCCN2COc3ccccc3C2=O)CC1.Cl. The quantitative estimate of drug-likeness (QED) is 0.628. The van der Waals surface area contributed by atoms with E-state index in [-0.39, 0.29) is 18.3 Å². The maximum Gasteiger partial charge on any atom is 0.260 e. The first kappa shape index (κ1) is 22.2. The Kier molecular flexibility index (Phi) is 7.82. The molecule has 0 aromatic heterocycles. The minimum atomic E-state index is 0. The Morgan fingerprint density at radius 2 is 1.63 bits per heavy atom. The molecule has 0 bridgehead atoms. The number of hydrogen-bond acceptors (Lipinski definition) is 5. The summed E-state index contributed by atoms with van der Waals surface area (Å²) >= 11 is 0. The van der Waals surface area contributed by atoms with E-state index in [9.17, 15) is 4.79 Å². The zero-order valence-corrected chi connectivity index (χ0v) is 18.3. The maximum atomic E-state index is 12.6. The van der Waals surface area contributed by atoms with Crippen LogP contribution in [0.25, 0.3) is 0 Å². The van der Waals surface area contributed by atoms with Crippen molar-refractivity contribution in [1.82, 2.24) is 9.80 Å². The first-order chi connectivity index (χ1) is 14.3. The lowest BCUT2D eigenvalue weighted by atomic mass is 10.1. The van der Waals surface area contributed by atoms with Crippen molar-refractivity contribution >= 4 is 24.0 Å². The molecular weight excluding hydrogens is 402 g/mol. The van der Waals surface area contributed by atoms with E-state index in [1.54, 1.807) is 7.11 Å². The fraction of sp³-hybridized carbons (Fsp3) is 0.435. The van der Waals surface area contributed by atoms with Crippen molar-refractivity contribution in [3.8, 4) is 11.5 Å². The lowest BCUT2D eigenvalue weighted by Gasteiger charge is -2.36. The molecule has 7 heteroatoms. The molecule has 2 aliphatic rings. The molecule has 4 rings (SSSR count). The zero-order valence-electron chi connectivity index (χ0n) is 17.5. The molecule has 6 nitrogen and oxygen atoms in total. The van der Waals surface area contributed by atoms with E-state index >= 15 is 0 Å². The number of nitrogens with zero attached hydrogens (tertiary/aromatic N) is 3. The monoisotopic (exact) mass is 431 g/mol. The Hall–Kier alpha value is -2.44. The molecule has 0 aliphatic carbocycles. The molecular formula is C23H30ClN3O3. The van der Waals surface area contributed by atoms with Gasteiger partial charge in [0.25, 0.3) is 5.91 Å². The number of amides is 1. The number of fused-ring (bicyclic) bond motifs is 1. The van der Waals surface area contributed by atoms with Crippen LogP contribution in [0.2, 0.25) is 0 Å². The molecule has 2 heterocycles. The number of carbonyl (C=O) groups excluding carboxylic acids is 1. The lowest BCUT2D eigenvalue weighted by Crippen LogP contribution is -2.46. The molecule has 0 atom stereocenters. The number of rotatable bonds is 7. The van der Waals surface area contributed by atoms with Gasteiger partial charge in [-0.15, -0.1) is 12.4 Å². The fourth-order valence-electron chi connectivity index (χ4n) is 4.05. The van der Waals surface area contributed by atoms with Crippen LogP contribution in [0, 0.1) is 0 Å².